The molecule has 0 unspecified atom stereocenters. The molecule has 3 aromatic rings. The first-order valence-electron chi connectivity index (χ1n) is 12.0. The number of nitriles is 1. The van der Waals surface area contributed by atoms with Crippen molar-refractivity contribution in [1.29, 1.82) is 5.26 Å². The van der Waals surface area contributed by atoms with E-state index >= 15 is 4.39 Å². The van der Waals surface area contributed by atoms with Crippen molar-refractivity contribution in [1.82, 2.24) is 30.1 Å². The van der Waals surface area contributed by atoms with Crippen molar-refractivity contribution in [2.75, 3.05) is 5.32 Å². The van der Waals surface area contributed by atoms with Gasteiger partial charge in [-0.25, -0.2) is 18.7 Å². The van der Waals surface area contributed by atoms with Gasteiger partial charge >= 0.3 is 12.5 Å². The molecule has 1 amide bonds. The lowest BCUT2D eigenvalue weighted by atomic mass is 9.50. The number of alkyl halides is 4. The van der Waals surface area contributed by atoms with Crippen LogP contribution in [0.2, 0.25) is 0 Å². The van der Waals surface area contributed by atoms with Crippen LogP contribution in [0.25, 0.3) is 5.52 Å². The summed E-state index contributed by atoms with van der Waals surface area (Å²) in [7, 11) is 0. The Hall–Kier alpha value is -3.93. The average Bonchev–Trinajstić information content (AvgIpc) is 3.53. The number of H-pyrrole nitrogens is 1. The third kappa shape index (κ3) is 4.60. The predicted octanol–water partition coefficient (Wildman–Crippen LogP) is 3.97. The fraction of sp³-hybridized carbons (Fsp3) is 0.522. The molecule has 3 heterocycles. The first-order chi connectivity index (χ1) is 18.1. The summed E-state index contributed by atoms with van der Waals surface area (Å²) in [6.45, 7) is -0.818. The van der Waals surface area contributed by atoms with Gasteiger partial charge in [0.15, 0.2) is 17.3 Å². The topological polar surface area (TPSA) is 142 Å². The molecule has 4 fully saturated rings. The molecule has 7 rings (SSSR count). The first-order valence-corrected chi connectivity index (χ1v) is 12.0. The van der Waals surface area contributed by atoms with Gasteiger partial charge in [0, 0.05) is 23.2 Å². The molecule has 38 heavy (non-hydrogen) atoms. The van der Waals surface area contributed by atoms with Crippen LogP contribution in [0.5, 0.6) is 0 Å². The number of hydrogen-bond donors (Lipinski definition) is 3. The van der Waals surface area contributed by atoms with Crippen LogP contribution >= 0.6 is 0 Å². The standard InChI is InChI=1S/C23H22F4N8O3/c24-19-14(1-2-17(19)38-21(36)31-22-5-11(6-22)7-22)15-4-18(33-32-15)30-20-16-3-12(10-37-23(25,26)27)34-35(16)9-13(8-28)29-20/h3-4,9,11,14,17,19H,1-2,5-7,10H2,(H,31,36)(H2,29,30,32,33)/t11?,14-,17-,19-,22?/m1/s1. The fourth-order valence-corrected chi connectivity index (χ4v) is 5.51. The van der Waals surface area contributed by atoms with Crippen LogP contribution in [0.15, 0.2) is 18.3 Å². The average molecular weight is 534 g/mol. The van der Waals surface area contributed by atoms with Crippen LogP contribution < -0.4 is 10.6 Å². The van der Waals surface area contributed by atoms with Crippen LogP contribution in [-0.4, -0.2) is 55.1 Å². The van der Waals surface area contributed by atoms with E-state index in [0.717, 1.165) is 19.3 Å². The molecule has 2 bridgehead atoms. The number of amides is 1. The second-order valence-electron chi connectivity index (χ2n) is 10.1. The normalized spacial score (nSPS) is 27.9. The lowest BCUT2D eigenvalue weighted by molar-refractivity contribution is -0.330. The number of anilines is 2. The number of nitrogens with one attached hydrogen (secondary N) is 3. The summed E-state index contributed by atoms with van der Waals surface area (Å²) >= 11 is 0. The van der Waals surface area contributed by atoms with Gasteiger partial charge in [0.25, 0.3) is 0 Å². The van der Waals surface area contributed by atoms with Crippen LogP contribution in [-0.2, 0) is 16.1 Å². The Bertz CT molecular complexity index is 1410. The third-order valence-electron chi connectivity index (χ3n) is 7.41. The van der Waals surface area contributed by atoms with Gasteiger partial charge in [-0.3, -0.25) is 9.84 Å². The minimum absolute atomic E-state index is 0.0275. The maximum absolute atomic E-state index is 15.2. The van der Waals surface area contributed by atoms with E-state index in [1.54, 1.807) is 6.07 Å². The zero-order chi connectivity index (χ0) is 26.7. The molecule has 3 atom stereocenters. The second kappa shape index (κ2) is 8.83. The molecular weight excluding hydrogens is 512 g/mol. The SMILES string of the molecule is N#Cc1cn2nc(COC(F)(F)F)cc2c(Nc2cc([C@H]3CC[C@@H](OC(=O)NC45CC(C4)C5)[C@@H]3F)[nH]n2)n1. The van der Waals surface area contributed by atoms with E-state index in [-0.39, 0.29) is 34.1 Å². The molecular formula is C23H22F4N8O3. The molecule has 4 aliphatic rings. The van der Waals surface area contributed by atoms with Crippen molar-refractivity contribution in [3.8, 4) is 6.07 Å². The first kappa shape index (κ1) is 24.4. The summed E-state index contributed by atoms with van der Waals surface area (Å²) in [5, 5.41) is 26.0. The molecule has 15 heteroatoms. The summed E-state index contributed by atoms with van der Waals surface area (Å²) < 4.78 is 62.9. The molecule has 3 aromatic heterocycles. The smallest absolute Gasteiger partial charge is 0.443 e. The number of hydrogen-bond acceptors (Lipinski definition) is 8. The molecule has 11 nitrogen and oxygen atoms in total. The lowest BCUT2D eigenvalue weighted by Crippen LogP contribution is -2.68. The number of halogens is 4. The summed E-state index contributed by atoms with van der Waals surface area (Å²) in [5.41, 5.74) is 0.534. The van der Waals surface area contributed by atoms with Crippen LogP contribution in [0.4, 0.5) is 34.0 Å². The Morgan fingerprint density at radius 3 is 2.76 bits per heavy atom. The number of aromatic nitrogens is 5. The van der Waals surface area contributed by atoms with Crippen molar-refractivity contribution >= 4 is 23.2 Å². The van der Waals surface area contributed by atoms with Crippen LogP contribution in [0, 0.1) is 17.2 Å². The van der Waals surface area contributed by atoms with Crippen molar-refractivity contribution in [2.24, 2.45) is 5.92 Å². The number of fused-ring (bicyclic) bond motifs is 1. The monoisotopic (exact) mass is 534 g/mol. The van der Waals surface area contributed by atoms with E-state index in [9.17, 15) is 23.2 Å². The number of carbonyl (C=O) groups excluding carboxylic acids is 1. The van der Waals surface area contributed by atoms with Crippen molar-refractivity contribution in [3.05, 3.63) is 35.4 Å². The van der Waals surface area contributed by atoms with E-state index in [4.69, 9.17) is 4.74 Å². The molecule has 0 radical (unpaired) electrons. The fourth-order valence-electron chi connectivity index (χ4n) is 5.51. The van der Waals surface area contributed by atoms with Gasteiger partial charge in [-0.05, 0) is 44.1 Å². The number of carbonyl (C=O) groups is 1. The largest absolute Gasteiger partial charge is 0.522 e. The molecule has 4 saturated carbocycles. The molecule has 0 aromatic carbocycles. The Labute approximate surface area is 212 Å². The second-order valence-corrected chi connectivity index (χ2v) is 10.1. The number of rotatable bonds is 7. The lowest BCUT2D eigenvalue weighted by Gasteiger charge is -2.61. The van der Waals surface area contributed by atoms with Crippen molar-refractivity contribution in [2.45, 2.75) is 68.8 Å². The van der Waals surface area contributed by atoms with E-state index in [0.29, 0.717) is 24.5 Å². The Morgan fingerprint density at radius 1 is 1.29 bits per heavy atom. The summed E-state index contributed by atoms with van der Waals surface area (Å²) in [5.74, 6) is 0.473. The van der Waals surface area contributed by atoms with Gasteiger partial charge in [-0.15, -0.1) is 13.2 Å². The quantitative estimate of drug-likeness (QED) is 0.387. The van der Waals surface area contributed by atoms with Gasteiger partial charge in [0.2, 0.25) is 0 Å². The minimum Gasteiger partial charge on any atom is -0.443 e. The predicted molar refractivity (Wildman–Crippen MR) is 121 cm³/mol. The van der Waals surface area contributed by atoms with Crippen molar-refractivity contribution in [3.63, 3.8) is 0 Å². The highest BCUT2D eigenvalue weighted by atomic mass is 19.4. The maximum atomic E-state index is 15.2. The molecule has 4 aliphatic carbocycles. The Kier molecular flexibility index (Phi) is 5.67. The molecule has 0 spiro atoms. The zero-order valence-electron chi connectivity index (χ0n) is 19.8. The minimum atomic E-state index is -4.82. The van der Waals surface area contributed by atoms with E-state index in [1.807, 2.05) is 6.07 Å². The van der Waals surface area contributed by atoms with E-state index in [2.05, 4.69) is 35.7 Å². The molecule has 0 aliphatic heterocycles. The van der Waals surface area contributed by atoms with Gasteiger partial charge in [-0.2, -0.15) is 15.5 Å². The van der Waals surface area contributed by atoms with Crippen LogP contribution in [0.1, 0.15) is 55.1 Å². The number of ether oxygens (including phenoxy) is 2. The van der Waals surface area contributed by atoms with Gasteiger partial charge in [0.1, 0.15) is 30.5 Å². The third-order valence-corrected chi connectivity index (χ3v) is 7.41. The highest BCUT2D eigenvalue weighted by molar-refractivity contribution is 5.73. The zero-order valence-corrected chi connectivity index (χ0v) is 19.8. The van der Waals surface area contributed by atoms with E-state index in [1.165, 1.54) is 16.8 Å². The van der Waals surface area contributed by atoms with Crippen molar-refractivity contribution < 1.29 is 31.8 Å². The summed E-state index contributed by atoms with van der Waals surface area (Å²) in [6.07, 6.45) is -2.77. The number of aromatic amines is 1. The molecule has 3 N–H and O–H groups in total. The maximum Gasteiger partial charge on any atom is 0.522 e. The van der Waals surface area contributed by atoms with Gasteiger partial charge in [-0.1, -0.05) is 0 Å². The number of nitrogens with zero attached hydrogens (tertiary/aromatic N) is 5. The van der Waals surface area contributed by atoms with E-state index < -0.39 is 37.3 Å². The summed E-state index contributed by atoms with van der Waals surface area (Å²) in [4.78, 5) is 16.4. The van der Waals surface area contributed by atoms with Gasteiger partial charge < -0.3 is 15.4 Å². The Morgan fingerprint density at radius 2 is 2.08 bits per heavy atom. The van der Waals surface area contributed by atoms with Crippen LogP contribution in [0.3, 0.4) is 0 Å². The summed E-state index contributed by atoms with van der Waals surface area (Å²) in [6, 6.07) is 4.77. The highest BCUT2D eigenvalue weighted by Gasteiger charge is 2.58. The Balaban J connectivity index is 1.13. The van der Waals surface area contributed by atoms with Gasteiger partial charge in [0.05, 0.1) is 11.9 Å². The highest BCUT2D eigenvalue weighted by Crippen LogP contribution is 2.57. The molecule has 200 valence electrons. The molecule has 0 saturated heterocycles. The number of alkyl carbamates (subject to hydrolysis) is 1.